The average Bonchev–Trinajstić information content (AvgIpc) is 3.17. The van der Waals surface area contributed by atoms with Gasteiger partial charge in [-0.05, 0) is 30.7 Å². The average molecular weight is 477 g/mol. The highest BCUT2D eigenvalue weighted by molar-refractivity contribution is 7.89. The zero-order valence-corrected chi connectivity index (χ0v) is 19.6. The van der Waals surface area contributed by atoms with Crippen LogP contribution in [0.3, 0.4) is 0 Å². The number of rotatable bonds is 7. The third-order valence-corrected chi connectivity index (χ3v) is 6.80. The number of carbonyl (C=O) groups is 2. The summed E-state index contributed by atoms with van der Waals surface area (Å²) in [6.45, 7) is 1.18. The van der Waals surface area contributed by atoms with Gasteiger partial charge in [0.05, 0.1) is 13.7 Å². The molecule has 0 bridgehead atoms. The van der Waals surface area contributed by atoms with Gasteiger partial charge in [-0.2, -0.15) is 9.40 Å². The fourth-order valence-corrected chi connectivity index (χ4v) is 4.46. The molecule has 176 valence electrons. The number of hydroxylamine groups is 2. The van der Waals surface area contributed by atoms with E-state index >= 15 is 0 Å². The van der Waals surface area contributed by atoms with Crippen molar-refractivity contribution < 1.29 is 22.8 Å². The lowest BCUT2D eigenvalue weighted by molar-refractivity contribution is -0.116. The molecular formula is C20H24N6O6S. The van der Waals surface area contributed by atoms with Crippen molar-refractivity contribution in [3.63, 3.8) is 0 Å². The molecule has 0 spiro atoms. The molecule has 33 heavy (non-hydrogen) atoms. The number of aromatic amines is 1. The molecule has 0 aliphatic heterocycles. The van der Waals surface area contributed by atoms with Crippen molar-refractivity contribution in [3.8, 4) is 0 Å². The van der Waals surface area contributed by atoms with Crippen molar-refractivity contribution in [2.45, 2.75) is 11.8 Å². The summed E-state index contributed by atoms with van der Waals surface area (Å²) in [6.07, 6.45) is 1.49. The number of fused-ring (bicyclic) bond motifs is 1. The second-order valence-electron chi connectivity index (χ2n) is 7.42. The number of anilines is 1. The van der Waals surface area contributed by atoms with Crippen molar-refractivity contribution >= 4 is 38.4 Å². The molecular weight excluding hydrogens is 452 g/mol. The standard InChI is InChI=1S/C20H24N6O6S/c1-12-8-14-18(22-23-19(14)20(29)26(4)32-5)15(9-12)33(30,31)25(3)11-16(27)21-13-6-7-24(2)17(28)10-13/h6-10H,11H2,1-5H3,(H,21,27)(H,22,23). The molecule has 1 aromatic carbocycles. The van der Waals surface area contributed by atoms with Gasteiger partial charge in [-0.3, -0.25) is 24.3 Å². The first-order valence-corrected chi connectivity index (χ1v) is 11.1. The third kappa shape index (κ3) is 4.79. The molecule has 2 aromatic heterocycles. The fourth-order valence-electron chi connectivity index (χ4n) is 3.11. The van der Waals surface area contributed by atoms with Gasteiger partial charge in [0.15, 0.2) is 0 Å². The summed E-state index contributed by atoms with van der Waals surface area (Å²) < 4.78 is 28.8. The summed E-state index contributed by atoms with van der Waals surface area (Å²) in [5, 5.41) is 10.4. The van der Waals surface area contributed by atoms with Gasteiger partial charge in [-0.1, -0.05) is 0 Å². The first-order chi connectivity index (χ1) is 15.4. The topological polar surface area (TPSA) is 147 Å². The van der Waals surface area contributed by atoms with E-state index in [1.165, 1.54) is 50.2 Å². The monoisotopic (exact) mass is 476 g/mol. The number of benzene rings is 1. The van der Waals surface area contributed by atoms with Crippen LogP contribution in [-0.2, 0) is 26.7 Å². The summed E-state index contributed by atoms with van der Waals surface area (Å²) in [5.41, 5.74) is 0.644. The Kier molecular flexibility index (Phi) is 6.67. The minimum absolute atomic E-state index is 0.0623. The molecule has 0 saturated heterocycles. The van der Waals surface area contributed by atoms with Crippen LogP contribution in [0.5, 0.6) is 0 Å². The number of aromatic nitrogens is 3. The van der Waals surface area contributed by atoms with Gasteiger partial charge in [-0.25, -0.2) is 13.5 Å². The summed E-state index contributed by atoms with van der Waals surface area (Å²) in [7, 11) is 1.40. The van der Waals surface area contributed by atoms with E-state index in [2.05, 4.69) is 15.5 Å². The Labute approximate surface area is 189 Å². The number of H-pyrrole nitrogens is 1. The van der Waals surface area contributed by atoms with Crippen LogP contribution in [0, 0.1) is 6.92 Å². The van der Waals surface area contributed by atoms with Gasteiger partial charge in [0.25, 0.3) is 11.5 Å². The lowest BCUT2D eigenvalue weighted by atomic mass is 10.1. The molecule has 0 atom stereocenters. The molecule has 12 nitrogen and oxygen atoms in total. The number of amides is 2. The van der Waals surface area contributed by atoms with Crippen molar-refractivity contribution in [3.05, 3.63) is 52.1 Å². The van der Waals surface area contributed by atoms with Gasteiger partial charge < -0.3 is 9.88 Å². The Hall–Kier alpha value is -3.55. The van der Waals surface area contributed by atoms with E-state index in [-0.39, 0.29) is 27.4 Å². The molecule has 0 fully saturated rings. The largest absolute Gasteiger partial charge is 0.325 e. The van der Waals surface area contributed by atoms with Crippen LogP contribution in [0.2, 0.25) is 0 Å². The summed E-state index contributed by atoms with van der Waals surface area (Å²) in [4.78, 5) is 41.4. The molecule has 0 aliphatic rings. The second kappa shape index (κ2) is 9.13. The van der Waals surface area contributed by atoms with Crippen LogP contribution in [0.15, 0.2) is 40.2 Å². The summed E-state index contributed by atoms with van der Waals surface area (Å²) >= 11 is 0. The van der Waals surface area contributed by atoms with Crippen LogP contribution in [0.4, 0.5) is 5.69 Å². The van der Waals surface area contributed by atoms with E-state index in [0.29, 0.717) is 10.9 Å². The number of sulfonamides is 1. The minimum atomic E-state index is -4.16. The smallest absolute Gasteiger partial charge is 0.295 e. The molecule has 3 rings (SSSR count). The SMILES string of the molecule is CON(C)C(=O)c1[nH]nc2c(S(=O)(=O)N(C)CC(=O)Nc3ccn(C)c(=O)c3)cc(C)cc12. The maximum atomic E-state index is 13.3. The first kappa shape index (κ1) is 24.1. The number of likely N-dealkylation sites (N-methyl/N-ethyl adjacent to an activating group) is 1. The van der Waals surface area contributed by atoms with Gasteiger partial charge in [0.2, 0.25) is 15.9 Å². The Balaban J connectivity index is 1.91. The zero-order chi connectivity index (χ0) is 24.5. The molecule has 13 heteroatoms. The number of hydrogen-bond acceptors (Lipinski definition) is 7. The highest BCUT2D eigenvalue weighted by Gasteiger charge is 2.29. The summed E-state index contributed by atoms with van der Waals surface area (Å²) in [6, 6.07) is 5.81. The van der Waals surface area contributed by atoms with Crippen molar-refractivity contribution in [2.75, 3.05) is 33.1 Å². The van der Waals surface area contributed by atoms with Crippen LogP contribution >= 0.6 is 0 Å². The Morgan fingerprint density at radius 2 is 1.94 bits per heavy atom. The van der Waals surface area contributed by atoms with Crippen molar-refractivity contribution in [1.29, 1.82) is 0 Å². The molecule has 0 unspecified atom stereocenters. The fraction of sp³-hybridized carbons (Fsp3) is 0.300. The number of hydrogen-bond donors (Lipinski definition) is 2. The number of pyridine rings is 1. The van der Waals surface area contributed by atoms with Gasteiger partial charge >= 0.3 is 0 Å². The predicted octanol–water partition coefficient (Wildman–Crippen LogP) is 0.463. The molecule has 0 saturated carbocycles. The van der Waals surface area contributed by atoms with E-state index in [1.807, 2.05) is 0 Å². The number of aryl methyl sites for hydroxylation is 2. The molecule has 2 N–H and O–H groups in total. The Morgan fingerprint density at radius 3 is 2.58 bits per heavy atom. The molecule has 0 aliphatic carbocycles. The van der Waals surface area contributed by atoms with Crippen molar-refractivity contribution in [2.24, 2.45) is 7.05 Å². The second-order valence-corrected chi connectivity index (χ2v) is 9.43. The van der Waals surface area contributed by atoms with E-state index in [4.69, 9.17) is 4.84 Å². The van der Waals surface area contributed by atoms with E-state index < -0.39 is 28.4 Å². The first-order valence-electron chi connectivity index (χ1n) is 9.69. The maximum Gasteiger partial charge on any atom is 0.295 e. The quantitative estimate of drug-likeness (QED) is 0.471. The van der Waals surface area contributed by atoms with Crippen LogP contribution in [0.1, 0.15) is 16.1 Å². The lowest BCUT2D eigenvalue weighted by Crippen LogP contribution is -2.35. The number of nitrogens with one attached hydrogen (secondary N) is 2. The zero-order valence-electron chi connectivity index (χ0n) is 18.7. The number of carbonyl (C=O) groups excluding carboxylic acids is 2. The van der Waals surface area contributed by atoms with E-state index in [0.717, 1.165) is 9.37 Å². The van der Waals surface area contributed by atoms with Gasteiger partial charge in [-0.15, -0.1) is 0 Å². The third-order valence-electron chi connectivity index (χ3n) is 4.98. The van der Waals surface area contributed by atoms with Gasteiger partial charge in [0, 0.05) is 44.5 Å². The van der Waals surface area contributed by atoms with Crippen molar-refractivity contribution in [1.82, 2.24) is 24.1 Å². The Morgan fingerprint density at radius 1 is 1.24 bits per heavy atom. The van der Waals surface area contributed by atoms with E-state index in [9.17, 15) is 22.8 Å². The van der Waals surface area contributed by atoms with Crippen LogP contribution in [0.25, 0.3) is 10.9 Å². The molecule has 2 heterocycles. The number of nitrogens with zero attached hydrogens (tertiary/aromatic N) is 4. The maximum absolute atomic E-state index is 13.3. The molecule has 3 aromatic rings. The normalized spacial score (nSPS) is 11.7. The van der Waals surface area contributed by atoms with Crippen LogP contribution in [-0.4, -0.2) is 72.1 Å². The van der Waals surface area contributed by atoms with E-state index in [1.54, 1.807) is 20.0 Å². The molecule has 2 amide bonds. The highest BCUT2D eigenvalue weighted by atomic mass is 32.2. The molecule has 0 radical (unpaired) electrons. The highest BCUT2D eigenvalue weighted by Crippen LogP contribution is 2.28. The van der Waals surface area contributed by atoms with Crippen LogP contribution < -0.4 is 10.9 Å². The lowest BCUT2D eigenvalue weighted by Gasteiger charge is -2.18. The van der Waals surface area contributed by atoms with Gasteiger partial charge in [0.1, 0.15) is 16.1 Å². The Bertz CT molecular complexity index is 1390. The predicted molar refractivity (Wildman–Crippen MR) is 120 cm³/mol. The minimum Gasteiger partial charge on any atom is -0.325 e. The summed E-state index contributed by atoms with van der Waals surface area (Å²) in [5.74, 6) is -1.16.